The molecule has 4 saturated carbocycles. The van der Waals surface area contributed by atoms with Gasteiger partial charge in [-0.05, 0) is 86.3 Å². The molecule has 6 rings (SSSR count). The van der Waals surface area contributed by atoms with Crippen LogP contribution >= 0.6 is 0 Å². The van der Waals surface area contributed by atoms with Crippen LogP contribution in [0.1, 0.15) is 62.2 Å². The molecule has 0 radical (unpaired) electrons. The molecule has 1 unspecified atom stereocenters. The van der Waals surface area contributed by atoms with E-state index < -0.39 is 21.7 Å². The highest BCUT2D eigenvalue weighted by Crippen LogP contribution is 2.61. The predicted molar refractivity (Wildman–Crippen MR) is 118 cm³/mol. The van der Waals surface area contributed by atoms with Crippen molar-refractivity contribution in [1.29, 1.82) is 0 Å². The zero-order valence-electron chi connectivity index (χ0n) is 18.7. The summed E-state index contributed by atoms with van der Waals surface area (Å²) in [5, 5.41) is 3.13. The van der Waals surface area contributed by atoms with E-state index in [9.17, 15) is 17.6 Å². The van der Waals surface area contributed by atoms with Crippen molar-refractivity contribution < 1.29 is 22.3 Å². The van der Waals surface area contributed by atoms with E-state index in [0.717, 1.165) is 49.5 Å². The first kappa shape index (κ1) is 22.3. The van der Waals surface area contributed by atoms with Crippen molar-refractivity contribution in [2.24, 2.45) is 23.2 Å². The van der Waals surface area contributed by atoms with Gasteiger partial charge < -0.3 is 10.1 Å². The van der Waals surface area contributed by atoms with Crippen molar-refractivity contribution in [1.82, 2.24) is 9.62 Å². The average molecular weight is 465 g/mol. The summed E-state index contributed by atoms with van der Waals surface area (Å²) in [6.07, 6.45) is 8.19. The minimum atomic E-state index is -3.80. The Morgan fingerprint density at radius 3 is 2.31 bits per heavy atom. The lowest BCUT2D eigenvalue weighted by atomic mass is 9.47. The monoisotopic (exact) mass is 464 g/mol. The Kier molecular flexibility index (Phi) is 5.83. The van der Waals surface area contributed by atoms with Crippen LogP contribution in [-0.4, -0.2) is 51.0 Å². The van der Waals surface area contributed by atoms with Gasteiger partial charge in [-0.2, -0.15) is 4.31 Å². The summed E-state index contributed by atoms with van der Waals surface area (Å²) >= 11 is 0. The topological polar surface area (TPSA) is 75.7 Å². The van der Waals surface area contributed by atoms with Crippen LogP contribution in [0.3, 0.4) is 0 Å². The summed E-state index contributed by atoms with van der Waals surface area (Å²) in [6.45, 7) is 3.25. The fraction of sp³-hybridized carbons (Fsp3) is 0.708. The maximum atomic E-state index is 14.7. The maximum absolute atomic E-state index is 14.7. The number of amides is 1. The van der Waals surface area contributed by atoms with Gasteiger partial charge in [0, 0.05) is 19.1 Å². The van der Waals surface area contributed by atoms with E-state index in [2.05, 4.69) is 12.2 Å². The van der Waals surface area contributed by atoms with Crippen molar-refractivity contribution >= 4 is 15.9 Å². The number of ether oxygens (including phenoxy) is 1. The van der Waals surface area contributed by atoms with Crippen LogP contribution in [0.5, 0.6) is 0 Å². The molecular weight excluding hydrogens is 431 g/mol. The number of nitrogens with one attached hydrogen (secondary N) is 1. The first-order chi connectivity index (χ1) is 15.3. The van der Waals surface area contributed by atoms with Gasteiger partial charge in [-0.15, -0.1) is 0 Å². The van der Waals surface area contributed by atoms with Gasteiger partial charge in [0.1, 0.15) is 5.82 Å². The predicted octanol–water partition coefficient (Wildman–Crippen LogP) is 3.57. The number of halogens is 1. The van der Waals surface area contributed by atoms with Crippen LogP contribution < -0.4 is 5.32 Å². The van der Waals surface area contributed by atoms with Gasteiger partial charge in [-0.25, -0.2) is 12.8 Å². The Balaban J connectivity index is 1.38. The molecule has 5 fully saturated rings. The quantitative estimate of drug-likeness (QED) is 0.698. The van der Waals surface area contributed by atoms with Crippen LogP contribution in [0.15, 0.2) is 23.1 Å². The van der Waals surface area contributed by atoms with Gasteiger partial charge in [0.05, 0.1) is 23.7 Å². The van der Waals surface area contributed by atoms with E-state index in [1.165, 1.54) is 35.7 Å². The second-order valence-electron chi connectivity index (χ2n) is 10.4. The zero-order chi connectivity index (χ0) is 22.5. The van der Waals surface area contributed by atoms with E-state index in [1.807, 2.05) is 0 Å². The van der Waals surface area contributed by atoms with Crippen LogP contribution in [0.4, 0.5) is 4.39 Å². The minimum Gasteiger partial charge on any atom is -0.379 e. The molecule has 1 aromatic rings. The summed E-state index contributed by atoms with van der Waals surface area (Å²) in [4.78, 5) is 13.2. The molecule has 0 aromatic heterocycles. The summed E-state index contributed by atoms with van der Waals surface area (Å²) in [5.41, 5.74) is -0.0878. The van der Waals surface area contributed by atoms with Crippen molar-refractivity contribution in [2.45, 2.75) is 62.8 Å². The number of carbonyl (C=O) groups excluding carboxylic acids is 1. The number of sulfonamides is 1. The molecule has 8 heteroatoms. The molecule has 1 aliphatic heterocycles. The highest BCUT2D eigenvalue weighted by molar-refractivity contribution is 7.89. The van der Waals surface area contributed by atoms with Crippen LogP contribution in [0.25, 0.3) is 0 Å². The number of rotatable bonds is 6. The lowest BCUT2D eigenvalue weighted by Crippen LogP contribution is -2.56. The Bertz CT molecular complexity index is 954. The Hall–Kier alpha value is -1.51. The molecule has 1 atom stereocenters. The molecule has 0 spiro atoms. The number of carbonyl (C=O) groups is 1. The largest absolute Gasteiger partial charge is 0.379 e. The standard InChI is InChI=1S/C24H33FN2O4S/c1-2-22(24-13-16-9-17(14-24)11-18(10-16)15-24)26-23(28)20-12-19(3-4-21(20)25)32(29,30)27-5-7-31-8-6-27/h3-4,12,16-18,22H,2,5-11,13-15H2,1H3,(H,26,28). The van der Waals surface area contributed by atoms with E-state index in [4.69, 9.17) is 4.74 Å². The van der Waals surface area contributed by atoms with Crippen LogP contribution in [-0.2, 0) is 14.8 Å². The van der Waals surface area contributed by atoms with Crippen molar-refractivity contribution in [3.63, 3.8) is 0 Å². The van der Waals surface area contributed by atoms with Crippen molar-refractivity contribution in [3.8, 4) is 0 Å². The second-order valence-corrected chi connectivity index (χ2v) is 12.3. The zero-order valence-corrected chi connectivity index (χ0v) is 19.5. The first-order valence-electron chi connectivity index (χ1n) is 12.0. The van der Waals surface area contributed by atoms with E-state index in [1.54, 1.807) is 0 Å². The van der Waals surface area contributed by atoms with Gasteiger partial charge >= 0.3 is 0 Å². The Morgan fingerprint density at radius 2 is 1.75 bits per heavy atom. The van der Waals surface area contributed by atoms with E-state index in [0.29, 0.717) is 13.2 Å². The van der Waals surface area contributed by atoms with Crippen LogP contribution in [0.2, 0.25) is 0 Å². The average Bonchev–Trinajstić information content (AvgIpc) is 2.77. The maximum Gasteiger partial charge on any atom is 0.254 e. The molecule has 6 nitrogen and oxygen atoms in total. The van der Waals surface area contributed by atoms with E-state index in [-0.39, 0.29) is 35.0 Å². The fourth-order valence-electron chi connectivity index (χ4n) is 7.30. The molecular formula is C24H33FN2O4S. The van der Waals surface area contributed by atoms with Crippen LogP contribution in [0, 0.1) is 29.0 Å². The molecule has 176 valence electrons. The molecule has 1 amide bonds. The van der Waals surface area contributed by atoms with Gasteiger partial charge in [0.2, 0.25) is 10.0 Å². The third-order valence-corrected chi connectivity index (χ3v) is 10.2. The fourth-order valence-corrected chi connectivity index (χ4v) is 8.74. The van der Waals surface area contributed by atoms with Crippen molar-refractivity contribution in [3.05, 3.63) is 29.6 Å². The SMILES string of the molecule is CCC(NC(=O)c1cc(S(=O)(=O)N2CCOCC2)ccc1F)C12CC3CC(CC(C3)C1)C2. The Labute approximate surface area is 189 Å². The molecule has 1 aromatic carbocycles. The highest BCUT2D eigenvalue weighted by atomic mass is 32.2. The van der Waals surface area contributed by atoms with Gasteiger partial charge in [0.25, 0.3) is 5.91 Å². The summed E-state index contributed by atoms with van der Waals surface area (Å²) < 4.78 is 47.2. The molecule has 1 saturated heterocycles. The minimum absolute atomic E-state index is 0.0118. The lowest BCUT2D eigenvalue weighted by Gasteiger charge is -2.59. The highest BCUT2D eigenvalue weighted by Gasteiger charge is 2.54. The Morgan fingerprint density at radius 1 is 1.16 bits per heavy atom. The van der Waals surface area contributed by atoms with Gasteiger partial charge in [-0.1, -0.05) is 6.92 Å². The molecule has 5 aliphatic rings. The number of hydrogen-bond donors (Lipinski definition) is 1. The normalized spacial score (nSPS) is 33.2. The molecule has 4 aliphatic carbocycles. The third kappa shape index (κ3) is 3.88. The molecule has 4 bridgehead atoms. The van der Waals surface area contributed by atoms with E-state index >= 15 is 0 Å². The second kappa shape index (κ2) is 8.37. The number of benzene rings is 1. The number of morpholine rings is 1. The number of hydrogen-bond acceptors (Lipinski definition) is 4. The molecule has 32 heavy (non-hydrogen) atoms. The molecule has 1 heterocycles. The first-order valence-corrected chi connectivity index (χ1v) is 13.4. The summed E-state index contributed by atoms with van der Waals surface area (Å²) in [5.74, 6) is 1.07. The summed E-state index contributed by atoms with van der Waals surface area (Å²) in [7, 11) is -3.80. The van der Waals surface area contributed by atoms with Gasteiger partial charge in [-0.3, -0.25) is 4.79 Å². The lowest BCUT2D eigenvalue weighted by molar-refractivity contribution is -0.0727. The number of nitrogens with zero attached hydrogens (tertiary/aromatic N) is 1. The van der Waals surface area contributed by atoms with Gasteiger partial charge in [0.15, 0.2) is 0 Å². The van der Waals surface area contributed by atoms with Crippen molar-refractivity contribution in [2.75, 3.05) is 26.3 Å². The third-order valence-electron chi connectivity index (χ3n) is 8.33. The molecule has 1 N–H and O–H groups in total. The smallest absolute Gasteiger partial charge is 0.254 e. The summed E-state index contributed by atoms with van der Waals surface area (Å²) in [6, 6.07) is 3.52.